The van der Waals surface area contributed by atoms with E-state index in [0.717, 1.165) is 6.54 Å². The first-order valence-corrected chi connectivity index (χ1v) is 7.46. The molecule has 1 unspecified atom stereocenters. The largest absolute Gasteiger partial charge is 0.309 e. The number of rotatable bonds is 6. The second-order valence-electron chi connectivity index (χ2n) is 5.90. The highest BCUT2D eigenvalue weighted by molar-refractivity contribution is 7.09. The number of aromatic nitrogens is 1. The second kappa shape index (κ2) is 6.50. The third-order valence-electron chi connectivity index (χ3n) is 2.82. The van der Waals surface area contributed by atoms with Crippen LogP contribution in [0.3, 0.4) is 0 Å². The van der Waals surface area contributed by atoms with E-state index in [1.165, 1.54) is 30.0 Å². The van der Waals surface area contributed by atoms with Gasteiger partial charge in [-0.2, -0.15) is 0 Å². The molecule has 0 aliphatic rings. The molecule has 0 aliphatic heterocycles. The van der Waals surface area contributed by atoms with Gasteiger partial charge in [-0.3, -0.25) is 0 Å². The molecular weight excluding hydrogens is 228 g/mol. The predicted molar refractivity (Wildman–Crippen MR) is 76.6 cm³/mol. The summed E-state index contributed by atoms with van der Waals surface area (Å²) >= 11 is 1.75. The van der Waals surface area contributed by atoms with Gasteiger partial charge < -0.3 is 5.32 Å². The average molecular weight is 254 g/mol. The van der Waals surface area contributed by atoms with Gasteiger partial charge in [0.2, 0.25) is 0 Å². The lowest BCUT2D eigenvalue weighted by molar-refractivity contribution is 0.330. The van der Waals surface area contributed by atoms with Crippen molar-refractivity contribution in [1.82, 2.24) is 10.3 Å². The highest BCUT2D eigenvalue weighted by atomic mass is 32.1. The summed E-state index contributed by atoms with van der Waals surface area (Å²) in [6.07, 6.45) is 3.58. The minimum Gasteiger partial charge on any atom is -0.309 e. The Kier molecular flexibility index (Phi) is 5.60. The van der Waals surface area contributed by atoms with Crippen molar-refractivity contribution in [1.29, 1.82) is 0 Å². The summed E-state index contributed by atoms with van der Waals surface area (Å²) in [5.74, 6) is 0. The average Bonchev–Trinajstić information content (AvgIpc) is 2.63. The maximum Gasteiger partial charge on any atom is 0.0898 e. The van der Waals surface area contributed by atoms with Crippen LogP contribution in [0.2, 0.25) is 0 Å². The summed E-state index contributed by atoms with van der Waals surface area (Å²) in [4.78, 5) is 4.62. The Morgan fingerprint density at radius 2 is 2.12 bits per heavy atom. The quantitative estimate of drug-likeness (QED) is 0.818. The van der Waals surface area contributed by atoms with Crippen molar-refractivity contribution in [3.8, 4) is 0 Å². The van der Waals surface area contributed by atoms with Gasteiger partial charge in [-0.1, -0.05) is 27.7 Å². The molecule has 0 saturated carbocycles. The summed E-state index contributed by atoms with van der Waals surface area (Å²) in [6.45, 7) is 12.3. The van der Waals surface area contributed by atoms with Gasteiger partial charge in [0.1, 0.15) is 0 Å². The molecule has 2 nitrogen and oxygen atoms in total. The zero-order valence-corrected chi connectivity index (χ0v) is 12.7. The summed E-state index contributed by atoms with van der Waals surface area (Å²) < 4.78 is 0. The molecule has 98 valence electrons. The van der Waals surface area contributed by atoms with Crippen molar-refractivity contribution >= 4 is 11.3 Å². The van der Waals surface area contributed by atoms with Crippen LogP contribution in [0.25, 0.3) is 0 Å². The summed E-state index contributed by atoms with van der Waals surface area (Å²) in [6, 6.07) is 0.430. The van der Waals surface area contributed by atoms with E-state index in [4.69, 9.17) is 0 Å². The van der Waals surface area contributed by atoms with Crippen LogP contribution < -0.4 is 5.32 Å². The van der Waals surface area contributed by atoms with E-state index in [-0.39, 0.29) is 0 Å². The zero-order chi connectivity index (χ0) is 12.9. The molecule has 1 aromatic heterocycles. The van der Waals surface area contributed by atoms with Gasteiger partial charge in [0.25, 0.3) is 0 Å². The molecule has 0 radical (unpaired) electrons. The van der Waals surface area contributed by atoms with Crippen LogP contribution in [-0.2, 0) is 0 Å². The number of nitrogens with one attached hydrogen (secondary N) is 1. The monoisotopic (exact) mass is 254 g/mol. The fourth-order valence-corrected chi connectivity index (χ4v) is 2.46. The lowest BCUT2D eigenvalue weighted by atomic mass is 9.88. The van der Waals surface area contributed by atoms with E-state index in [2.05, 4.69) is 50.3 Å². The van der Waals surface area contributed by atoms with E-state index in [1.807, 2.05) is 0 Å². The summed E-state index contributed by atoms with van der Waals surface area (Å²) in [5.41, 5.74) is 1.63. The van der Waals surface area contributed by atoms with Gasteiger partial charge >= 0.3 is 0 Å². The molecule has 0 spiro atoms. The standard InChI is InChI=1S/C14H26N2S/c1-6-9-15-12(7-8-14(3,4)5)13-10-17-11(2)16-13/h10,12,15H,6-9H2,1-5H3. The van der Waals surface area contributed by atoms with Gasteiger partial charge in [-0.25, -0.2) is 4.98 Å². The molecule has 0 fully saturated rings. The van der Waals surface area contributed by atoms with Gasteiger partial charge in [0.05, 0.1) is 16.7 Å². The fourth-order valence-electron chi connectivity index (χ4n) is 1.79. The Balaban J connectivity index is 2.60. The first kappa shape index (κ1) is 14.7. The smallest absolute Gasteiger partial charge is 0.0898 e. The lowest BCUT2D eigenvalue weighted by Crippen LogP contribution is -2.24. The van der Waals surface area contributed by atoms with Gasteiger partial charge in [0.15, 0.2) is 0 Å². The normalized spacial score (nSPS) is 13.9. The van der Waals surface area contributed by atoms with Gasteiger partial charge in [-0.05, 0) is 38.1 Å². The third kappa shape index (κ3) is 5.64. The molecule has 1 N–H and O–H groups in total. The SMILES string of the molecule is CCCNC(CCC(C)(C)C)c1csc(C)n1. The zero-order valence-electron chi connectivity index (χ0n) is 11.8. The first-order valence-electron chi connectivity index (χ1n) is 6.58. The molecule has 0 aromatic carbocycles. The van der Waals surface area contributed by atoms with Crippen molar-refractivity contribution in [2.45, 2.75) is 59.9 Å². The fraction of sp³-hybridized carbons (Fsp3) is 0.786. The Bertz CT molecular complexity index is 325. The molecule has 17 heavy (non-hydrogen) atoms. The van der Waals surface area contributed by atoms with Crippen molar-refractivity contribution in [2.75, 3.05) is 6.54 Å². The van der Waals surface area contributed by atoms with Crippen molar-refractivity contribution in [3.05, 3.63) is 16.1 Å². The number of hydrogen-bond acceptors (Lipinski definition) is 3. The van der Waals surface area contributed by atoms with E-state index in [9.17, 15) is 0 Å². The van der Waals surface area contributed by atoms with Crippen LogP contribution in [0.5, 0.6) is 0 Å². The molecule has 1 aromatic rings. The minimum absolute atomic E-state index is 0.400. The molecule has 0 amide bonds. The highest BCUT2D eigenvalue weighted by Crippen LogP contribution is 2.27. The molecule has 0 aliphatic carbocycles. The van der Waals surface area contributed by atoms with Gasteiger partial charge in [0, 0.05) is 5.38 Å². The summed E-state index contributed by atoms with van der Waals surface area (Å²) in [7, 11) is 0. The molecule has 1 atom stereocenters. The van der Waals surface area contributed by atoms with E-state index in [1.54, 1.807) is 11.3 Å². The lowest BCUT2D eigenvalue weighted by Gasteiger charge is -2.23. The number of thiazole rings is 1. The predicted octanol–water partition coefficient (Wildman–Crippen LogP) is 4.32. The van der Waals surface area contributed by atoms with Crippen molar-refractivity contribution in [2.24, 2.45) is 5.41 Å². The van der Waals surface area contributed by atoms with Crippen LogP contribution >= 0.6 is 11.3 Å². The Morgan fingerprint density at radius 3 is 2.59 bits per heavy atom. The molecule has 1 heterocycles. The number of hydrogen-bond donors (Lipinski definition) is 1. The van der Waals surface area contributed by atoms with Crippen LogP contribution in [-0.4, -0.2) is 11.5 Å². The van der Waals surface area contributed by atoms with Crippen molar-refractivity contribution < 1.29 is 0 Å². The minimum atomic E-state index is 0.400. The Morgan fingerprint density at radius 1 is 1.41 bits per heavy atom. The third-order valence-corrected chi connectivity index (χ3v) is 3.61. The highest BCUT2D eigenvalue weighted by Gasteiger charge is 2.18. The maximum absolute atomic E-state index is 4.62. The molecule has 0 saturated heterocycles. The second-order valence-corrected chi connectivity index (χ2v) is 6.96. The van der Waals surface area contributed by atoms with Gasteiger partial charge in [-0.15, -0.1) is 11.3 Å². The molecule has 3 heteroatoms. The van der Waals surface area contributed by atoms with E-state index in [0.29, 0.717) is 11.5 Å². The van der Waals surface area contributed by atoms with Crippen LogP contribution in [0, 0.1) is 12.3 Å². The topological polar surface area (TPSA) is 24.9 Å². The number of nitrogens with zero attached hydrogens (tertiary/aromatic N) is 1. The van der Waals surface area contributed by atoms with Crippen LogP contribution in [0.4, 0.5) is 0 Å². The summed E-state index contributed by atoms with van der Waals surface area (Å²) in [5, 5.41) is 6.98. The Labute approximate surface area is 110 Å². The molecule has 1 rings (SSSR count). The van der Waals surface area contributed by atoms with Crippen molar-refractivity contribution in [3.63, 3.8) is 0 Å². The maximum atomic E-state index is 4.62. The Hall–Kier alpha value is -0.410. The first-order chi connectivity index (χ1) is 7.92. The molecule has 0 bridgehead atoms. The van der Waals surface area contributed by atoms with Crippen LogP contribution in [0.15, 0.2) is 5.38 Å². The van der Waals surface area contributed by atoms with E-state index < -0.39 is 0 Å². The van der Waals surface area contributed by atoms with Crippen LogP contribution in [0.1, 0.15) is 63.7 Å². The number of aryl methyl sites for hydroxylation is 1. The van der Waals surface area contributed by atoms with E-state index >= 15 is 0 Å². The molecular formula is C14H26N2S.